The number of fused-ring (bicyclic) bond motifs is 2. The number of amides is 2. The molecule has 30 heavy (non-hydrogen) atoms. The maximum atomic E-state index is 14.0. The van der Waals surface area contributed by atoms with E-state index in [0.717, 1.165) is 18.3 Å². The van der Waals surface area contributed by atoms with Crippen molar-refractivity contribution in [2.24, 2.45) is 0 Å². The molecule has 0 saturated carbocycles. The van der Waals surface area contributed by atoms with Crippen LogP contribution in [0.15, 0.2) is 23.1 Å². The molecule has 0 bridgehead atoms. The number of carbonyl (C=O) groups is 2. The normalized spacial score (nSPS) is 20.1. The number of aromatic nitrogens is 1. The third kappa shape index (κ3) is 3.21. The van der Waals surface area contributed by atoms with E-state index in [1.807, 2.05) is 0 Å². The molecule has 0 aliphatic carbocycles. The highest BCUT2D eigenvalue weighted by molar-refractivity contribution is 6.30. The fourth-order valence-corrected chi connectivity index (χ4v) is 3.78. The highest BCUT2D eigenvalue weighted by Crippen LogP contribution is 2.28. The van der Waals surface area contributed by atoms with E-state index >= 15 is 0 Å². The number of hydrogen-bond donors (Lipinski definition) is 2. The first-order valence-electron chi connectivity index (χ1n) is 9.02. The summed E-state index contributed by atoms with van der Waals surface area (Å²) >= 11 is 5.51. The van der Waals surface area contributed by atoms with Gasteiger partial charge in [0.1, 0.15) is 22.2 Å². The molecule has 1 aromatic heterocycles. The number of halogens is 3. The molecule has 1 fully saturated rings. The number of benzene rings is 1. The van der Waals surface area contributed by atoms with Gasteiger partial charge in [-0.3, -0.25) is 14.4 Å². The molecule has 0 radical (unpaired) electrons. The zero-order valence-corrected chi connectivity index (χ0v) is 16.4. The molecule has 2 N–H and O–H groups in total. The van der Waals surface area contributed by atoms with Crippen molar-refractivity contribution >= 4 is 23.4 Å². The van der Waals surface area contributed by atoms with Gasteiger partial charge in [-0.15, -0.1) is 0 Å². The Balaban J connectivity index is 1.62. The molecular weight excluding hydrogens is 424 g/mol. The quantitative estimate of drug-likeness (QED) is 0.708. The van der Waals surface area contributed by atoms with Crippen LogP contribution < -0.4 is 10.7 Å². The largest absolute Gasteiger partial charge is 0.503 e. The van der Waals surface area contributed by atoms with Gasteiger partial charge in [0, 0.05) is 24.8 Å². The zero-order valence-electron chi connectivity index (χ0n) is 15.6. The minimum Gasteiger partial charge on any atom is -0.503 e. The van der Waals surface area contributed by atoms with Crippen LogP contribution in [0.4, 0.5) is 8.78 Å². The van der Waals surface area contributed by atoms with Gasteiger partial charge >= 0.3 is 0 Å². The lowest BCUT2D eigenvalue weighted by Crippen LogP contribution is -2.46. The van der Waals surface area contributed by atoms with Gasteiger partial charge in [-0.25, -0.2) is 8.78 Å². The summed E-state index contributed by atoms with van der Waals surface area (Å²) < 4.78 is 34.2. The number of nitrogens with zero attached hydrogens (tertiary/aromatic N) is 2. The van der Waals surface area contributed by atoms with Crippen molar-refractivity contribution in [3.63, 3.8) is 0 Å². The number of carbonyl (C=O) groups excluding carboxylic acids is 2. The van der Waals surface area contributed by atoms with Crippen molar-refractivity contribution in [3.05, 3.63) is 62.0 Å². The first-order chi connectivity index (χ1) is 14.2. The highest BCUT2D eigenvalue weighted by Gasteiger charge is 2.41. The second kappa shape index (κ2) is 7.37. The highest BCUT2D eigenvalue weighted by atomic mass is 35.5. The summed E-state index contributed by atoms with van der Waals surface area (Å²) in [7, 11) is 0. The number of pyridine rings is 1. The second-order valence-corrected chi connectivity index (χ2v) is 7.48. The Morgan fingerprint density at radius 3 is 2.80 bits per heavy atom. The van der Waals surface area contributed by atoms with Crippen LogP contribution in [0.1, 0.15) is 33.3 Å². The Morgan fingerprint density at radius 2 is 2.07 bits per heavy atom. The second-order valence-electron chi connectivity index (χ2n) is 7.10. The predicted molar refractivity (Wildman–Crippen MR) is 100 cm³/mol. The Kier molecular flexibility index (Phi) is 4.99. The van der Waals surface area contributed by atoms with Crippen LogP contribution in [0.5, 0.6) is 5.75 Å². The van der Waals surface area contributed by atoms with Crippen molar-refractivity contribution in [2.75, 3.05) is 6.54 Å². The van der Waals surface area contributed by atoms with E-state index in [0.29, 0.717) is 6.54 Å². The Hall–Kier alpha value is -2.98. The van der Waals surface area contributed by atoms with Crippen molar-refractivity contribution in [2.45, 2.75) is 32.3 Å². The molecule has 1 saturated heterocycles. The van der Waals surface area contributed by atoms with E-state index < -0.39 is 51.4 Å². The number of aromatic hydroxyl groups is 1. The number of ether oxygens (including phenoxy) is 1. The molecule has 3 heterocycles. The molecule has 0 spiro atoms. The van der Waals surface area contributed by atoms with Gasteiger partial charge in [0.2, 0.25) is 5.43 Å². The minimum atomic E-state index is -1.03. The summed E-state index contributed by atoms with van der Waals surface area (Å²) in [4.78, 5) is 39.1. The lowest BCUT2D eigenvalue weighted by Gasteiger charge is -2.31. The summed E-state index contributed by atoms with van der Waals surface area (Å²) in [6.45, 7) is 1.87. The molecule has 4 rings (SSSR count). The zero-order chi connectivity index (χ0) is 21.7. The average Bonchev–Trinajstić information content (AvgIpc) is 3.08. The maximum Gasteiger partial charge on any atom is 0.276 e. The fourth-order valence-electron chi connectivity index (χ4n) is 3.59. The number of nitrogens with one attached hydrogen (secondary N) is 1. The van der Waals surface area contributed by atoms with Gasteiger partial charge in [0.15, 0.2) is 17.7 Å². The molecule has 2 atom stereocenters. The predicted octanol–water partition coefficient (Wildman–Crippen LogP) is 1.62. The van der Waals surface area contributed by atoms with Gasteiger partial charge in [0.25, 0.3) is 11.8 Å². The summed E-state index contributed by atoms with van der Waals surface area (Å²) in [5.41, 5.74) is -1.77. The standard InChI is InChI=1S/C19H16ClF2N3O5/c1-8-5-25-12(30-8)7-24-6-10(16(26)17(27)15(24)19(25)29)18(28)23-4-9-2-3-11(21)13(20)14(9)22/h2-3,6,8,12,27H,4-5,7H2,1H3,(H,23,28)/t8-,12?/m1/s1. The topological polar surface area (TPSA) is 101 Å². The molecule has 2 aromatic rings. The molecule has 1 aromatic carbocycles. The smallest absolute Gasteiger partial charge is 0.276 e. The van der Waals surface area contributed by atoms with E-state index in [2.05, 4.69) is 5.32 Å². The van der Waals surface area contributed by atoms with Gasteiger partial charge < -0.3 is 24.6 Å². The molecule has 2 aliphatic heterocycles. The summed E-state index contributed by atoms with van der Waals surface area (Å²) in [5.74, 6) is -4.28. The first kappa shape index (κ1) is 20.3. The Morgan fingerprint density at radius 1 is 1.33 bits per heavy atom. The van der Waals surface area contributed by atoms with E-state index in [1.54, 1.807) is 6.92 Å². The average molecular weight is 440 g/mol. The van der Waals surface area contributed by atoms with E-state index in [-0.39, 0.29) is 30.5 Å². The summed E-state index contributed by atoms with van der Waals surface area (Å²) in [5, 5.41) is 11.9. The number of hydrogen-bond acceptors (Lipinski definition) is 5. The van der Waals surface area contributed by atoms with Crippen LogP contribution in [0.3, 0.4) is 0 Å². The van der Waals surface area contributed by atoms with Crippen molar-refractivity contribution in [1.29, 1.82) is 0 Å². The SMILES string of the molecule is C[C@@H]1CN2C(=O)c3c(O)c(=O)c(C(=O)NCc4ccc(F)c(Cl)c4F)cn3CC2O1. The fraction of sp³-hybridized carbons (Fsp3) is 0.316. The van der Waals surface area contributed by atoms with Crippen LogP contribution in [-0.2, 0) is 17.8 Å². The van der Waals surface area contributed by atoms with Gasteiger partial charge in [0.05, 0.1) is 12.6 Å². The van der Waals surface area contributed by atoms with E-state index in [4.69, 9.17) is 16.3 Å². The van der Waals surface area contributed by atoms with Crippen molar-refractivity contribution in [3.8, 4) is 5.75 Å². The molecule has 11 heteroatoms. The summed E-state index contributed by atoms with van der Waals surface area (Å²) in [6.07, 6.45) is 0.374. The molecule has 2 amide bonds. The van der Waals surface area contributed by atoms with Crippen LogP contribution in [0, 0.1) is 11.6 Å². The van der Waals surface area contributed by atoms with Crippen LogP contribution in [-0.4, -0.2) is 45.3 Å². The van der Waals surface area contributed by atoms with Crippen LogP contribution >= 0.6 is 11.6 Å². The first-order valence-corrected chi connectivity index (χ1v) is 9.40. The summed E-state index contributed by atoms with van der Waals surface area (Å²) in [6, 6.07) is 2.06. The lowest BCUT2D eigenvalue weighted by molar-refractivity contribution is -0.0101. The third-order valence-corrected chi connectivity index (χ3v) is 5.41. The van der Waals surface area contributed by atoms with E-state index in [9.17, 15) is 28.3 Å². The van der Waals surface area contributed by atoms with Crippen molar-refractivity contribution < 1.29 is 28.2 Å². The van der Waals surface area contributed by atoms with Crippen LogP contribution in [0.2, 0.25) is 5.02 Å². The molecule has 8 nitrogen and oxygen atoms in total. The Labute approximate surface area is 173 Å². The lowest BCUT2D eigenvalue weighted by atomic mass is 10.1. The van der Waals surface area contributed by atoms with E-state index in [1.165, 1.54) is 9.47 Å². The third-order valence-electron chi connectivity index (χ3n) is 5.06. The molecule has 2 aliphatic rings. The van der Waals surface area contributed by atoms with Gasteiger partial charge in [-0.2, -0.15) is 0 Å². The van der Waals surface area contributed by atoms with Crippen molar-refractivity contribution in [1.82, 2.24) is 14.8 Å². The van der Waals surface area contributed by atoms with Gasteiger partial charge in [-0.05, 0) is 13.0 Å². The molecule has 158 valence electrons. The Bertz CT molecular complexity index is 1140. The monoisotopic (exact) mass is 439 g/mol. The maximum absolute atomic E-state index is 14.0. The molecular formula is C19H16ClF2N3O5. The molecule has 1 unspecified atom stereocenters. The van der Waals surface area contributed by atoms with Crippen LogP contribution in [0.25, 0.3) is 0 Å². The van der Waals surface area contributed by atoms with Gasteiger partial charge in [-0.1, -0.05) is 17.7 Å². The number of rotatable bonds is 3. The minimum absolute atomic E-state index is 0.0869.